The summed E-state index contributed by atoms with van der Waals surface area (Å²) in [5.41, 5.74) is 3.20. The second-order valence-electron chi connectivity index (χ2n) is 8.04. The summed E-state index contributed by atoms with van der Waals surface area (Å²) in [5.74, 6) is 1.37. The molecule has 0 unspecified atom stereocenters. The molecule has 0 saturated heterocycles. The molecule has 0 spiro atoms. The van der Waals surface area contributed by atoms with E-state index in [4.69, 9.17) is 0 Å². The maximum atomic E-state index is 12.8. The van der Waals surface area contributed by atoms with Gasteiger partial charge in [0.25, 0.3) is 10.0 Å². The van der Waals surface area contributed by atoms with E-state index in [1.165, 1.54) is 12.1 Å². The number of benzene rings is 2. The highest BCUT2D eigenvalue weighted by Gasteiger charge is 2.17. The molecule has 3 heterocycles. The third-order valence-electron chi connectivity index (χ3n) is 5.20. The first-order chi connectivity index (χ1) is 16.8. The van der Waals surface area contributed by atoms with Crippen molar-refractivity contribution in [3.8, 4) is 10.4 Å². The van der Waals surface area contributed by atoms with Crippen LogP contribution in [0.15, 0.2) is 71.6 Å². The van der Waals surface area contributed by atoms with Crippen molar-refractivity contribution in [3.63, 3.8) is 0 Å². The van der Waals surface area contributed by atoms with Gasteiger partial charge >= 0.3 is 0 Å². The third-order valence-corrected chi connectivity index (χ3v) is 7.62. The van der Waals surface area contributed by atoms with Crippen LogP contribution in [-0.2, 0) is 10.0 Å². The highest BCUT2D eigenvalue weighted by atomic mass is 32.2. The first-order valence-electron chi connectivity index (χ1n) is 10.8. The molecular formula is C25H22N6O2S2. The summed E-state index contributed by atoms with van der Waals surface area (Å²) < 4.78 is 28.1. The quantitative estimate of drug-likeness (QED) is 0.310. The maximum absolute atomic E-state index is 12.8. The minimum atomic E-state index is -3.83. The number of hydrogen-bond acceptors (Lipinski definition) is 8. The van der Waals surface area contributed by atoms with E-state index in [1.54, 1.807) is 43.4 Å². The van der Waals surface area contributed by atoms with E-state index >= 15 is 0 Å². The number of nitrogens with zero attached hydrogens (tertiary/aromatic N) is 4. The molecule has 5 rings (SSSR count). The summed E-state index contributed by atoms with van der Waals surface area (Å²) in [7, 11) is -3.83. The Hall–Kier alpha value is -3.89. The van der Waals surface area contributed by atoms with Crippen molar-refractivity contribution in [2.24, 2.45) is 0 Å². The summed E-state index contributed by atoms with van der Waals surface area (Å²) in [6.45, 7) is 5.42. The van der Waals surface area contributed by atoms with Crippen LogP contribution in [0.1, 0.15) is 17.2 Å². The number of aryl methyl sites for hydroxylation is 3. The highest BCUT2D eigenvalue weighted by molar-refractivity contribution is 7.92. The number of fused-ring (bicyclic) bond motifs is 1. The second kappa shape index (κ2) is 9.05. The number of sulfonamides is 1. The SMILES string of the molecule is Cc1cc(C)nc(NS(=O)(=O)c2ccc(Nc3nc(C)nc4sc(-c5ccccc5)cc34)cc2)n1. The third kappa shape index (κ3) is 4.98. The van der Waals surface area contributed by atoms with Gasteiger partial charge < -0.3 is 5.32 Å². The molecule has 0 atom stereocenters. The number of hydrogen-bond donors (Lipinski definition) is 2. The fraction of sp³-hybridized carbons (Fsp3) is 0.120. The van der Waals surface area contributed by atoms with Gasteiger partial charge in [-0.25, -0.2) is 33.1 Å². The van der Waals surface area contributed by atoms with Crippen molar-refractivity contribution < 1.29 is 8.42 Å². The lowest BCUT2D eigenvalue weighted by atomic mass is 10.2. The summed E-state index contributed by atoms with van der Waals surface area (Å²) >= 11 is 1.61. The number of anilines is 3. The normalized spacial score (nSPS) is 11.5. The minimum absolute atomic E-state index is 0.0511. The molecule has 2 aromatic carbocycles. The van der Waals surface area contributed by atoms with Gasteiger partial charge in [-0.2, -0.15) is 0 Å². The Labute approximate surface area is 207 Å². The average molecular weight is 503 g/mol. The van der Waals surface area contributed by atoms with Crippen molar-refractivity contribution >= 4 is 49.0 Å². The van der Waals surface area contributed by atoms with Gasteiger partial charge in [-0.15, -0.1) is 11.3 Å². The molecule has 8 nitrogen and oxygen atoms in total. The molecule has 0 aliphatic heterocycles. The molecule has 35 heavy (non-hydrogen) atoms. The van der Waals surface area contributed by atoms with Gasteiger partial charge in [0.2, 0.25) is 5.95 Å². The van der Waals surface area contributed by atoms with Gasteiger partial charge in [0.15, 0.2) is 0 Å². The van der Waals surface area contributed by atoms with Crippen LogP contribution in [0.2, 0.25) is 0 Å². The Balaban J connectivity index is 1.41. The molecule has 0 amide bonds. The van der Waals surface area contributed by atoms with Crippen LogP contribution in [0, 0.1) is 20.8 Å². The maximum Gasteiger partial charge on any atom is 0.264 e. The van der Waals surface area contributed by atoms with Gasteiger partial charge in [-0.3, -0.25) is 0 Å². The van der Waals surface area contributed by atoms with E-state index < -0.39 is 10.0 Å². The molecular weight excluding hydrogens is 480 g/mol. The molecule has 0 aliphatic carbocycles. The van der Waals surface area contributed by atoms with E-state index in [0.29, 0.717) is 28.7 Å². The van der Waals surface area contributed by atoms with E-state index in [0.717, 1.165) is 20.7 Å². The molecule has 10 heteroatoms. The highest BCUT2D eigenvalue weighted by Crippen LogP contribution is 2.36. The van der Waals surface area contributed by atoms with Crippen LogP contribution in [-0.4, -0.2) is 28.4 Å². The molecule has 2 N–H and O–H groups in total. The van der Waals surface area contributed by atoms with Crippen molar-refractivity contribution in [3.05, 3.63) is 83.9 Å². The number of rotatable bonds is 6. The first-order valence-corrected chi connectivity index (χ1v) is 13.1. The molecule has 0 bridgehead atoms. The smallest absolute Gasteiger partial charge is 0.264 e. The standard InChI is InChI=1S/C25H22N6O2S2/c1-15-13-16(2)27-25(26-15)31-35(32,33)20-11-9-19(10-12-20)30-23-21-14-22(18-7-5-4-6-8-18)34-24(21)29-17(3)28-23/h4-14H,1-3H3,(H,26,27,31)(H,28,29,30). The summed E-state index contributed by atoms with van der Waals surface area (Å²) in [5, 5.41) is 4.22. The molecule has 0 aliphatic rings. The van der Waals surface area contributed by atoms with Gasteiger partial charge in [0, 0.05) is 22.0 Å². The summed E-state index contributed by atoms with van der Waals surface area (Å²) in [6.07, 6.45) is 0. The number of nitrogens with one attached hydrogen (secondary N) is 2. The van der Waals surface area contributed by atoms with Crippen LogP contribution >= 0.6 is 11.3 Å². The monoisotopic (exact) mass is 502 g/mol. The molecule has 0 radical (unpaired) electrons. The molecule has 3 aromatic heterocycles. The zero-order chi connectivity index (χ0) is 24.6. The zero-order valence-electron chi connectivity index (χ0n) is 19.3. The van der Waals surface area contributed by atoms with Crippen molar-refractivity contribution in [1.29, 1.82) is 0 Å². The summed E-state index contributed by atoms with van der Waals surface area (Å²) in [6, 6.07) is 20.4. The topological polar surface area (TPSA) is 110 Å². The van der Waals surface area contributed by atoms with E-state index in [9.17, 15) is 8.42 Å². The molecule has 5 aromatic rings. The van der Waals surface area contributed by atoms with E-state index in [-0.39, 0.29) is 10.8 Å². The number of aromatic nitrogens is 4. The van der Waals surface area contributed by atoms with Crippen molar-refractivity contribution in [2.75, 3.05) is 10.0 Å². The summed E-state index contributed by atoms with van der Waals surface area (Å²) in [4.78, 5) is 19.6. The van der Waals surface area contributed by atoms with E-state index in [2.05, 4.69) is 48.2 Å². The van der Waals surface area contributed by atoms with Crippen LogP contribution in [0.4, 0.5) is 17.5 Å². The van der Waals surface area contributed by atoms with Crippen molar-refractivity contribution in [2.45, 2.75) is 25.7 Å². The van der Waals surface area contributed by atoms with Crippen LogP contribution in [0.3, 0.4) is 0 Å². The van der Waals surface area contributed by atoms with Gasteiger partial charge in [-0.1, -0.05) is 30.3 Å². The fourth-order valence-corrected chi connectivity index (χ4v) is 5.70. The number of thiophene rings is 1. The van der Waals surface area contributed by atoms with Crippen molar-refractivity contribution in [1.82, 2.24) is 19.9 Å². The second-order valence-corrected chi connectivity index (χ2v) is 10.8. The molecule has 0 fully saturated rings. The Kier molecular flexibility index (Phi) is 5.91. The Morgan fingerprint density at radius 1 is 0.800 bits per heavy atom. The fourth-order valence-electron chi connectivity index (χ4n) is 3.67. The lowest BCUT2D eigenvalue weighted by molar-refractivity contribution is 0.601. The predicted molar refractivity (Wildman–Crippen MR) is 140 cm³/mol. The average Bonchev–Trinajstić information content (AvgIpc) is 3.23. The Bertz CT molecular complexity index is 1610. The lowest BCUT2D eigenvalue weighted by Crippen LogP contribution is -2.15. The van der Waals surface area contributed by atoms with Crippen LogP contribution < -0.4 is 10.0 Å². The first kappa shape index (κ1) is 22.9. The molecule has 176 valence electrons. The zero-order valence-corrected chi connectivity index (χ0v) is 20.9. The molecule has 0 saturated carbocycles. The van der Waals surface area contributed by atoms with Crippen LogP contribution in [0.25, 0.3) is 20.7 Å². The van der Waals surface area contributed by atoms with Gasteiger partial charge in [-0.05, 0) is 62.7 Å². The van der Waals surface area contributed by atoms with Gasteiger partial charge in [0.05, 0.1) is 10.3 Å². The van der Waals surface area contributed by atoms with Crippen LogP contribution in [0.5, 0.6) is 0 Å². The van der Waals surface area contributed by atoms with E-state index in [1.807, 2.05) is 25.1 Å². The Morgan fingerprint density at radius 2 is 1.49 bits per heavy atom. The lowest BCUT2D eigenvalue weighted by Gasteiger charge is -2.10. The predicted octanol–water partition coefficient (Wildman–Crippen LogP) is 5.62. The largest absolute Gasteiger partial charge is 0.340 e. The minimum Gasteiger partial charge on any atom is -0.340 e. The van der Waals surface area contributed by atoms with Gasteiger partial charge in [0.1, 0.15) is 16.5 Å². The Morgan fingerprint density at radius 3 is 2.17 bits per heavy atom.